The maximum absolute atomic E-state index is 5.76. The number of hydrogen-bond donors (Lipinski definition) is 1. The summed E-state index contributed by atoms with van der Waals surface area (Å²) in [6, 6.07) is 16.5. The Morgan fingerprint density at radius 3 is 2.67 bits per heavy atom. The lowest BCUT2D eigenvalue weighted by Crippen LogP contribution is -2.41. The number of fused-ring (bicyclic) bond motifs is 1. The molecule has 1 aliphatic heterocycles. The number of nitrogens with one attached hydrogen (secondary N) is 1. The zero-order chi connectivity index (χ0) is 18.2. The van der Waals surface area contributed by atoms with Crippen LogP contribution < -0.4 is 15.0 Å². The number of benzene rings is 2. The van der Waals surface area contributed by atoms with E-state index in [0.717, 1.165) is 43.2 Å². The van der Waals surface area contributed by atoms with Crippen molar-refractivity contribution in [1.82, 2.24) is 5.32 Å². The lowest BCUT2D eigenvalue weighted by Gasteiger charge is -2.22. The van der Waals surface area contributed by atoms with E-state index >= 15 is 0 Å². The molecule has 0 unspecified atom stereocenters. The molecule has 0 bridgehead atoms. The Labute approximate surface area is 178 Å². The van der Waals surface area contributed by atoms with Gasteiger partial charge in [-0.05, 0) is 42.2 Å². The van der Waals surface area contributed by atoms with E-state index < -0.39 is 0 Å². The van der Waals surface area contributed by atoms with Gasteiger partial charge in [0.05, 0.1) is 13.7 Å². The largest absolute Gasteiger partial charge is 0.497 e. The van der Waals surface area contributed by atoms with Gasteiger partial charge in [0.2, 0.25) is 0 Å². The molecule has 2 aromatic rings. The molecule has 0 aliphatic carbocycles. The fraction of sp³-hybridized carbons (Fsp3) is 0.381. The predicted octanol–water partition coefficient (Wildman–Crippen LogP) is 3.86. The van der Waals surface area contributed by atoms with Crippen LogP contribution >= 0.6 is 24.0 Å². The van der Waals surface area contributed by atoms with Crippen LogP contribution in [0.2, 0.25) is 0 Å². The lowest BCUT2D eigenvalue weighted by molar-refractivity contribution is 0.119. The number of ether oxygens (including phenoxy) is 2. The number of para-hydroxylation sites is 1. The van der Waals surface area contributed by atoms with Gasteiger partial charge in [-0.3, -0.25) is 4.99 Å². The van der Waals surface area contributed by atoms with Gasteiger partial charge in [0.1, 0.15) is 5.75 Å². The van der Waals surface area contributed by atoms with Gasteiger partial charge in [-0.2, -0.15) is 0 Å². The van der Waals surface area contributed by atoms with Crippen LogP contribution in [0.25, 0.3) is 0 Å². The van der Waals surface area contributed by atoms with Crippen molar-refractivity contribution < 1.29 is 9.47 Å². The minimum absolute atomic E-state index is 0. The monoisotopic (exact) mass is 481 g/mol. The zero-order valence-corrected chi connectivity index (χ0v) is 18.3. The first-order valence-corrected chi connectivity index (χ1v) is 9.08. The highest BCUT2D eigenvalue weighted by Gasteiger charge is 2.21. The highest BCUT2D eigenvalue weighted by atomic mass is 127. The topological polar surface area (TPSA) is 46.1 Å². The van der Waals surface area contributed by atoms with Crippen molar-refractivity contribution >= 4 is 35.6 Å². The van der Waals surface area contributed by atoms with Crippen molar-refractivity contribution in [2.75, 3.05) is 38.8 Å². The minimum atomic E-state index is 0. The van der Waals surface area contributed by atoms with Gasteiger partial charge in [0.25, 0.3) is 0 Å². The Hall–Kier alpha value is -1.80. The highest BCUT2D eigenvalue weighted by Crippen LogP contribution is 2.27. The van der Waals surface area contributed by atoms with E-state index in [1.807, 2.05) is 31.3 Å². The van der Waals surface area contributed by atoms with Gasteiger partial charge in [0.15, 0.2) is 5.96 Å². The Morgan fingerprint density at radius 2 is 1.93 bits per heavy atom. The van der Waals surface area contributed by atoms with Crippen LogP contribution in [0.4, 0.5) is 5.69 Å². The molecule has 0 amide bonds. The summed E-state index contributed by atoms with van der Waals surface area (Å²) in [5.41, 5.74) is 3.80. The molecule has 0 radical (unpaired) electrons. The molecule has 1 N–H and O–H groups in total. The van der Waals surface area contributed by atoms with Gasteiger partial charge in [-0.25, -0.2) is 0 Å². The van der Waals surface area contributed by atoms with Gasteiger partial charge < -0.3 is 19.7 Å². The molecule has 5 nitrogen and oxygen atoms in total. The van der Waals surface area contributed by atoms with Crippen LogP contribution in [0.15, 0.2) is 53.5 Å². The van der Waals surface area contributed by atoms with Crippen molar-refractivity contribution in [1.29, 1.82) is 0 Å². The van der Waals surface area contributed by atoms with Gasteiger partial charge in [-0.15, -0.1) is 24.0 Å². The Bertz CT molecular complexity index is 734. The molecule has 146 valence electrons. The van der Waals surface area contributed by atoms with Crippen molar-refractivity contribution in [2.45, 2.75) is 19.4 Å². The number of methoxy groups -OCH3 is 1. The summed E-state index contributed by atoms with van der Waals surface area (Å²) in [5, 5.41) is 3.45. The van der Waals surface area contributed by atoms with E-state index in [1.165, 1.54) is 11.3 Å². The number of hydrogen-bond acceptors (Lipinski definition) is 3. The van der Waals surface area contributed by atoms with Crippen LogP contribution in [0.5, 0.6) is 5.75 Å². The van der Waals surface area contributed by atoms with Gasteiger partial charge in [-0.1, -0.05) is 30.3 Å². The summed E-state index contributed by atoms with van der Waals surface area (Å²) in [6.45, 7) is 3.16. The summed E-state index contributed by atoms with van der Waals surface area (Å²) in [6.07, 6.45) is 2.01. The second-order valence-electron chi connectivity index (χ2n) is 6.26. The molecule has 3 rings (SSSR count). The van der Waals surface area contributed by atoms with E-state index in [-0.39, 0.29) is 24.0 Å². The highest BCUT2D eigenvalue weighted by molar-refractivity contribution is 14.0. The number of nitrogens with zero attached hydrogens (tertiary/aromatic N) is 2. The summed E-state index contributed by atoms with van der Waals surface area (Å²) >= 11 is 0. The Kier molecular flexibility index (Phi) is 8.87. The number of halogens is 1. The predicted molar refractivity (Wildman–Crippen MR) is 122 cm³/mol. The summed E-state index contributed by atoms with van der Waals surface area (Å²) in [7, 11) is 3.51. The molecule has 0 aromatic heterocycles. The molecule has 0 fully saturated rings. The van der Waals surface area contributed by atoms with Crippen LogP contribution in [0.3, 0.4) is 0 Å². The normalized spacial score (nSPS) is 13.1. The first-order chi connectivity index (χ1) is 12.8. The van der Waals surface area contributed by atoms with E-state index in [4.69, 9.17) is 9.47 Å². The molecule has 27 heavy (non-hydrogen) atoms. The maximum atomic E-state index is 5.76. The van der Waals surface area contributed by atoms with Crippen LogP contribution in [-0.2, 0) is 17.8 Å². The third kappa shape index (κ3) is 5.84. The van der Waals surface area contributed by atoms with Crippen molar-refractivity contribution in [2.24, 2.45) is 4.99 Å². The number of rotatable bonds is 7. The Balaban J connectivity index is 0.00000261. The molecule has 2 aromatic carbocycles. The van der Waals surface area contributed by atoms with E-state index in [2.05, 4.69) is 39.5 Å². The molecule has 1 heterocycles. The molecule has 0 saturated carbocycles. The second kappa shape index (κ2) is 11.1. The van der Waals surface area contributed by atoms with Gasteiger partial charge in [0, 0.05) is 32.4 Å². The summed E-state index contributed by atoms with van der Waals surface area (Å²) in [4.78, 5) is 6.69. The average Bonchev–Trinajstić information content (AvgIpc) is 3.12. The molecular weight excluding hydrogens is 453 g/mol. The third-order valence-corrected chi connectivity index (χ3v) is 4.53. The summed E-state index contributed by atoms with van der Waals surface area (Å²) in [5.74, 6) is 1.80. The summed E-state index contributed by atoms with van der Waals surface area (Å²) < 4.78 is 10.9. The number of aliphatic imine (C=N–C) groups is 1. The molecule has 6 heteroatoms. The van der Waals surface area contributed by atoms with Crippen molar-refractivity contribution in [3.8, 4) is 5.75 Å². The molecule has 1 aliphatic rings. The molecule has 0 spiro atoms. The quantitative estimate of drug-likeness (QED) is 0.283. The molecule has 0 atom stereocenters. The number of guanidine groups is 1. The van der Waals surface area contributed by atoms with E-state index in [0.29, 0.717) is 13.2 Å². The average molecular weight is 481 g/mol. The minimum Gasteiger partial charge on any atom is -0.497 e. The fourth-order valence-electron chi connectivity index (χ4n) is 3.14. The first-order valence-electron chi connectivity index (χ1n) is 9.08. The standard InChI is InChI=1S/C21H27N3O2.HI/c1-22-21(24-14-12-18-6-3-4-7-20(18)24)23-13-5-15-26-16-17-8-10-19(25-2)11-9-17;/h3-4,6-11H,5,12-16H2,1-2H3,(H,22,23);1H. The smallest absolute Gasteiger partial charge is 0.198 e. The molecular formula is C21H28IN3O2. The lowest BCUT2D eigenvalue weighted by atomic mass is 10.2. The SMILES string of the molecule is CN=C(NCCCOCc1ccc(OC)cc1)N1CCc2ccccc21.I. The zero-order valence-electron chi connectivity index (χ0n) is 16.0. The second-order valence-corrected chi connectivity index (χ2v) is 6.26. The van der Waals surface area contributed by atoms with Crippen molar-refractivity contribution in [3.63, 3.8) is 0 Å². The first kappa shape index (κ1) is 21.5. The maximum Gasteiger partial charge on any atom is 0.198 e. The van der Waals surface area contributed by atoms with E-state index in [1.54, 1.807) is 7.11 Å². The van der Waals surface area contributed by atoms with Crippen LogP contribution in [0.1, 0.15) is 17.5 Å². The fourth-order valence-corrected chi connectivity index (χ4v) is 3.14. The van der Waals surface area contributed by atoms with Crippen LogP contribution in [0, 0.1) is 0 Å². The third-order valence-electron chi connectivity index (χ3n) is 4.53. The Morgan fingerprint density at radius 1 is 1.15 bits per heavy atom. The van der Waals surface area contributed by atoms with E-state index in [9.17, 15) is 0 Å². The van der Waals surface area contributed by atoms with Crippen molar-refractivity contribution in [3.05, 3.63) is 59.7 Å². The number of anilines is 1. The van der Waals surface area contributed by atoms with Crippen LogP contribution in [-0.4, -0.2) is 39.8 Å². The molecule has 0 saturated heterocycles. The van der Waals surface area contributed by atoms with Gasteiger partial charge >= 0.3 is 0 Å².